The molecule has 0 radical (unpaired) electrons. The molecule has 0 N–H and O–H groups in total. The second-order valence-corrected chi connectivity index (χ2v) is 19.0. The molecule has 9 aromatic rings. The van der Waals surface area contributed by atoms with Crippen molar-refractivity contribution in [3.05, 3.63) is 209 Å². The molecule has 0 spiro atoms. The van der Waals surface area contributed by atoms with Crippen LogP contribution in [-0.2, 0) is 18.3 Å². The zero-order valence-corrected chi connectivity index (χ0v) is 35.2. The molecular formula is C60H44BN. The van der Waals surface area contributed by atoms with E-state index >= 15 is 0 Å². The van der Waals surface area contributed by atoms with Gasteiger partial charge in [-0.2, -0.15) is 0 Å². The molecule has 1 atom stereocenters. The van der Waals surface area contributed by atoms with E-state index in [4.69, 9.17) is 0 Å². The highest BCUT2D eigenvalue weighted by Gasteiger charge is 2.49. The van der Waals surface area contributed by atoms with Crippen LogP contribution < -0.4 is 21.3 Å². The Morgan fingerprint density at radius 3 is 2.02 bits per heavy atom. The summed E-state index contributed by atoms with van der Waals surface area (Å²) in [7, 11) is 0. The number of nitrogens with zero attached hydrogens (tertiary/aromatic N) is 1. The van der Waals surface area contributed by atoms with E-state index in [-0.39, 0.29) is 12.1 Å². The van der Waals surface area contributed by atoms with Gasteiger partial charge in [0.05, 0.1) is 0 Å². The van der Waals surface area contributed by atoms with Crippen LogP contribution in [0, 0.1) is 0 Å². The summed E-state index contributed by atoms with van der Waals surface area (Å²) >= 11 is 0. The van der Waals surface area contributed by atoms with Gasteiger partial charge in [0.1, 0.15) is 0 Å². The summed E-state index contributed by atoms with van der Waals surface area (Å²) in [5.74, 6) is 0.330. The molecule has 62 heavy (non-hydrogen) atoms. The number of anilines is 2. The van der Waals surface area contributed by atoms with E-state index < -0.39 is 0 Å². The summed E-state index contributed by atoms with van der Waals surface area (Å²) in [6.07, 6.45) is 9.28. The Morgan fingerprint density at radius 2 is 1.18 bits per heavy atom. The first kappa shape index (κ1) is 34.8. The van der Waals surface area contributed by atoms with Crippen molar-refractivity contribution in [3.63, 3.8) is 0 Å². The van der Waals surface area contributed by atoms with E-state index in [1.165, 1.54) is 121 Å². The number of fused-ring (bicyclic) bond motifs is 14. The number of para-hydroxylation sites is 1. The van der Waals surface area contributed by atoms with Gasteiger partial charge in [-0.1, -0.05) is 183 Å². The third-order valence-electron chi connectivity index (χ3n) is 15.5. The van der Waals surface area contributed by atoms with E-state index in [9.17, 15) is 0 Å². The Hall–Kier alpha value is -6.90. The van der Waals surface area contributed by atoms with Gasteiger partial charge in [0.2, 0.25) is 6.71 Å². The van der Waals surface area contributed by atoms with Crippen LogP contribution in [0.15, 0.2) is 187 Å². The molecule has 2 heteroatoms. The van der Waals surface area contributed by atoms with Gasteiger partial charge in [0.15, 0.2) is 0 Å². The molecule has 292 valence electrons. The molecule has 3 aliphatic heterocycles. The largest absolute Gasteiger partial charge is 0.311 e. The summed E-state index contributed by atoms with van der Waals surface area (Å²) in [6, 6.07) is 62.9. The van der Waals surface area contributed by atoms with E-state index in [0.717, 1.165) is 25.7 Å². The van der Waals surface area contributed by atoms with E-state index in [1.807, 2.05) is 0 Å². The minimum absolute atomic E-state index is 0.0893. The molecule has 1 nitrogen and oxygen atoms in total. The minimum Gasteiger partial charge on any atom is -0.311 e. The Balaban J connectivity index is 1.10. The maximum Gasteiger partial charge on any atom is 0.248 e. The van der Waals surface area contributed by atoms with Crippen molar-refractivity contribution in [2.45, 2.75) is 50.9 Å². The quantitative estimate of drug-likeness (QED) is 0.125. The van der Waals surface area contributed by atoms with Crippen LogP contribution >= 0.6 is 0 Å². The van der Waals surface area contributed by atoms with Gasteiger partial charge < -0.3 is 4.90 Å². The highest BCUT2D eigenvalue weighted by Crippen LogP contribution is 2.54. The summed E-state index contributed by atoms with van der Waals surface area (Å²) in [5, 5.41) is 8.18. The van der Waals surface area contributed by atoms with Crippen molar-refractivity contribution in [1.29, 1.82) is 0 Å². The Kier molecular flexibility index (Phi) is 7.06. The topological polar surface area (TPSA) is 3.24 Å². The maximum absolute atomic E-state index is 2.69. The molecule has 0 fully saturated rings. The lowest BCUT2D eigenvalue weighted by atomic mass is 9.33. The van der Waals surface area contributed by atoms with Gasteiger partial charge >= 0.3 is 0 Å². The van der Waals surface area contributed by atoms with Crippen molar-refractivity contribution in [2.75, 3.05) is 4.90 Å². The minimum atomic E-state index is -0.102. The zero-order chi connectivity index (χ0) is 40.8. The SMILES string of the molecule is CC1(C)C2=CCCC=C2N2c3cccc4c3B(c3cccc1c32)c1c2c(cc3c5ccccc5c5ccccc5c13)-c1ccc(-c3cccc(-c5ccccc5)c3)cc1C[C@@H]2C4. The third kappa shape index (κ3) is 4.60. The van der Waals surface area contributed by atoms with Crippen molar-refractivity contribution >= 4 is 66.8 Å². The Bertz CT molecular complexity index is 3510. The summed E-state index contributed by atoms with van der Waals surface area (Å²) in [5.41, 5.74) is 23.9. The highest BCUT2D eigenvalue weighted by molar-refractivity contribution is 7.00. The lowest BCUT2D eigenvalue weighted by molar-refractivity contribution is 0.603. The summed E-state index contributed by atoms with van der Waals surface area (Å²) in [4.78, 5) is 2.69. The standard InChI is InChI=1S/C60H44BN/c1-60(2)50-24-10-11-27-53(50)62-54-28-13-19-40-33-42-34-41-32-39(38-18-12-17-37(31-38)36-15-4-3-5-16-36)29-30-43(41)48-35-49-46-22-7-6-20-44(46)45-21-8-9-23-47(45)56(49)58(55(42)48)61(57(40)54)52-26-14-25-51(60)59(52)62/h3-9,12-32,35,42H,10-11,33-34H2,1-2H3/t42-/m0/s1. The average Bonchev–Trinajstić information content (AvgIpc) is 3.47. The molecule has 5 aliphatic rings. The summed E-state index contributed by atoms with van der Waals surface area (Å²) in [6.45, 7) is 5.01. The Labute approximate surface area is 363 Å². The molecule has 14 rings (SSSR count). The molecule has 3 heterocycles. The van der Waals surface area contributed by atoms with Crippen LogP contribution in [0.5, 0.6) is 0 Å². The number of hydrogen-bond acceptors (Lipinski definition) is 1. The fourth-order valence-corrected chi connectivity index (χ4v) is 12.9. The first-order chi connectivity index (χ1) is 30.5. The lowest BCUT2D eigenvalue weighted by Crippen LogP contribution is -2.60. The van der Waals surface area contributed by atoms with Gasteiger partial charge in [-0.25, -0.2) is 0 Å². The molecular weight excluding hydrogens is 745 g/mol. The van der Waals surface area contributed by atoms with Gasteiger partial charge in [-0.15, -0.1) is 0 Å². The number of allylic oxidation sites excluding steroid dienone is 3. The first-order valence-electron chi connectivity index (χ1n) is 22.7. The summed E-state index contributed by atoms with van der Waals surface area (Å²) < 4.78 is 0. The lowest BCUT2D eigenvalue weighted by Gasteiger charge is -2.50. The normalized spacial score (nSPS) is 17.4. The molecule has 0 amide bonds. The molecule has 9 aromatic carbocycles. The van der Waals surface area contributed by atoms with Crippen LogP contribution in [0.1, 0.15) is 54.9 Å². The molecule has 0 aromatic heterocycles. The van der Waals surface area contributed by atoms with Gasteiger partial charge in [0.25, 0.3) is 0 Å². The van der Waals surface area contributed by atoms with Crippen LogP contribution in [-0.4, -0.2) is 6.71 Å². The monoisotopic (exact) mass is 789 g/mol. The third-order valence-corrected chi connectivity index (χ3v) is 15.5. The van der Waals surface area contributed by atoms with Crippen molar-refractivity contribution < 1.29 is 0 Å². The van der Waals surface area contributed by atoms with Crippen molar-refractivity contribution in [1.82, 2.24) is 0 Å². The van der Waals surface area contributed by atoms with Gasteiger partial charge in [-0.05, 0) is 149 Å². The second kappa shape index (κ2) is 12.6. The van der Waals surface area contributed by atoms with Gasteiger partial charge in [0, 0.05) is 22.5 Å². The predicted octanol–water partition coefficient (Wildman–Crippen LogP) is 13.2. The molecule has 0 saturated carbocycles. The van der Waals surface area contributed by atoms with Crippen LogP contribution in [0.25, 0.3) is 65.7 Å². The average molecular weight is 790 g/mol. The van der Waals surface area contributed by atoms with Crippen molar-refractivity contribution in [2.24, 2.45) is 0 Å². The zero-order valence-electron chi connectivity index (χ0n) is 35.2. The molecule has 0 bridgehead atoms. The van der Waals surface area contributed by atoms with E-state index in [0.29, 0.717) is 5.92 Å². The van der Waals surface area contributed by atoms with E-state index in [1.54, 1.807) is 5.56 Å². The predicted molar refractivity (Wildman–Crippen MR) is 264 cm³/mol. The number of hydrogen-bond donors (Lipinski definition) is 0. The maximum atomic E-state index is 2.69. The number of rotatable bonds is 2. The highest BCUT2D eigenvalue weighted by atomic mass is 15.2. The van der Waals surface area contributed by atoms with Crippen LogP contribution in [0.3, 0.4) is 0 Å². The molecule has 0 unspecified atom stereocenters. The number of benzene rings is 9. The van der Waals surface area contributed by atoms with Gasteiger partial charge in [-0.3, -0.25) is 0 Å². The smallest absolute Gasteiger partial charge is 0.248 e. The van der Waals surface area contributed by atoms with Crippen molar-refractivity contribution in [3.8, 4) is 33.4 Å². The Morgan fingerprint density at radius 1 is 0.516 bits per heavy atom. The van der Waals surface area contributed by atoms with E-state index in [2.05, 4.69) is 195 Å². The van der Waals surface area contributed by atoms with Crippen LogP contribution in [0.4, 0.5) is 11.4 Å². The molecule has 2 aliphatic carbocycles. The molecule has 0 saturated heterocycles. The van der Waals surface area contributed by atoms with Crippen LogP contribution in [0.2, 0.25) is 0 Å². The fraction of sp³-hybridized carbons (Fsp3) is 0.133. The first-order valence-corrected chi connectivity index (χ1v) is 22.7. The second-order valence-electron chi connectivity index (χ2n) is 19.0. The fourth-order valence-electron chi connectivity index (χ4n) is 12.9.